The molecule has 0 saturated heterocycles. The van der Waals surface area contributed by atoms with Gasteiger partial charge in [-0.1, -0.05) is 23.5 Å². The molecule has 94 valence electrons. The van der Waals surface area contributed by atoms with Crippen LogP contribution < -0.4 is 10.1 Å². The van der Waals surface area contributed by atoms with Gasteiger partial charge in [-0.25, -0.2) is 4.98 Å². The number of hydrogen-bond acceptors (Lipinski definition) is 6. The van der Waals surface area contributed by atoms with E-state index in [4.69, 9.17) is 4.74 Å². The molecule has 18 heavy (non-hydrogen) atoms. The summed E-state index contributed by atoms with van der Waals surface area (Å²) in [4.78, 5) is 27.2. The Hall–Kier alpha value is -1.95. The average Bonchev–Trinajstić information content (AvgIpc) is 2.37. The van der Waals surface area contributed by atoms with E-state index in [0.717, 1.165) is 11.3 Å². The van der Waals surface area contributed by atoms with Crippen molar-refractivity contribution in [1.29, 1.82) is 0 Å². The quantitative estimate of drug-likeness (QED) is 0.850. The molecule has 0 amide bonds. The first-order valence-electron chi connectivity index (χ1n) is 5.50. The molecule has 0 aliphatic heterocycles. The second kappa shape index (κ2) is 5.59. The Morgan fingerprint density at radius 3 is 3.00 bits per heavy atom. The van der Waals surface area contributed by atoms with E-state index in [2.05, 4.69) is 10.3 Å². The van der Waals surface area contributed by atoms with Crippen molar-refractivity contribution >= 4 is 33.3 Å². The summed E-state index contributed by atoms with van der Waals surface area (Å²) in [6.07, 6.45) is 0. The Labute approximate surface area is 107 Å². The van der Waals surface area contributed by atoms with Crippen molar-refractivity contribution in [2.24, 2.45) is 0 Å². The second-order valence-corrected chi connectivity index (χ2v) is 4.44. The fraction of sp³-hybridized carbons (Fsp3) is 0.250. The van der Waals surface area contributed by atoms with Gasteiger partial charge in [-0.3, -0.25) is 9.59 Å². The SMILES string of the molecule is CCOC(=O)CNc1nc2ccccc2c(=O)s1. The zero-order valence-electron chi connectivity index (χ0n) is 9.80. The van der Waals surface area contributed by atoms with E-state index >= 15 is 0 Å². The maximum absolute atomic E-state index is 11.8. The fourth-order valence-corrected chi connectivity index (χ4v) is 2.20. The Kier molecular flexibility index (Phi) is 3.88. The Bertz CT molecular complexity index is 624. The molecule has 5 nitrogen and oxygen atoms in total. The van der Waals surface area contributed by atoms with Crippen LogP contribution in [-0.4, -0.2) is 24.1 Å². The highest BCUT2D eigenvalue weighted by atomic mass is 32.1. The molecule has 0 bridgehead atoms. The highest BCUT2D eigenvalue weighted by Gasteiger charge is 2.06. The molecule has 0 aliphatic carbocycles. The highest BCUT2D eigenvalue weighted by Crippen LogP contribution is 2.14. The lowest BCUT2D eigenvalue weighted by atomic mass is 10.3. The maximum atomic E-state index is 11.8. The molecule has 0 radical (unpaired) electrons. The van der Waals surface area contributed by atoms with Gasteiger partial charge >= 0.3 is 5.97 Å². The number of nitrogens with one attached hydrogen (secondary N) is 1. The van der Waals surface area contributed by atoms with Gasteiger partial charge in [-0.15, -0.1) is 0 Å². The van der Waals surface area contributed by atoms with Crippen molar-refractivity contribution in [2.75, 3.05) is 18.5 Å². The number of benzene rings is 1. The zero-order chi connectivity index (χ0) is 13.0. The predicted molar refractivity (Wildman–Crippen MR) is 71.0 cm³/mol. The Morgan fingerprint density at radius 2 is 2.22 bits per heavy atom. The number of esters is 1. The van der Waals surface area contributed by atoms with Crippen LogP contribution in [0, 0.1) is 0 Å². The van der Waals surface area contributed by atoms with Crippen molar-refractivity contribution in [1.82, 2.24) is 4.98 Å². The third-order valence-electron chi connectivity index (χ3n) is 2.22. The lowest BCUT2D eigenvalue weighted by Crippen LogP contribution is -2.17. The molecule has 1 heterocycles. The molecule has 0 spiro atoms. The van der Waals surface area contributed by atoms with Crippen LogP contribution in [0.15, 0.2) is 29.1 Å². The smallest absolute Gasteiger partial charge is 0.325 e. The molecule has 0 saturated carbocycles. The molecule has 0 atom stereocenters. The number of carbonyl (C=O) groups is 1. The van der Waals surface area contributed by atoms with Crippen LogP contribution in [0.3, 0.4) is 0 Å². The summed E-state index contributed by atoms with van der Waals surface area (Å²) in [5.74, 6) is -0.368. The average molecular weight is 264 g/mol. The topological polar surface area (TPSA) is 68.3 Å². The fourth-order valence-electron chi connectivity index (χ4n) is 1.45. The van der Waals surface area contributed by atoms with Gasteiger partial charge < -0.3 is 10.1 Å². The van der Waals surface area contributed by atoms with Crippen molar-refractivity contribution < 1.29 is 9.53 Å². The first kappa shape index (κ1) is 12.5. The van der Waals surface area contributed by atoms with E-state index in [0.29, 0.717) is 22.6 Å². The molecular weight excluding hydrogens is 252 g/mol. The summed E-state index contributed by atoms with van der Waals surface area (Å²) in [7, 11) is 0. The molecule has 0 unspecified atom stereocenters. The minimum Gasteiger partial charge on any atom is -0.465 e. The lowest BCUT2D eigenvalue weighted by Gasteiger charge is -2.04. The molecular formula is C12H12N2O3S. The van der Waals surface area contributed by atoms with Crippen molar-refractivity contribution in [3.63, 3.8) is 0 Å². The summed E-state index contributed by atoms with van der Waals surface area (Å²) in [5.41, 5.74) is 0.618. The van der Waals surface area contributed by atoms with E-state index in [1.165, 1.54) is 0 Å². The molecule has 1 N–H and O–H groups in total. The summed E-state index contributed by atoms with van der Waals surface area (Å²) in [6.45, 7) is 2.08. The third kappa shape index (κ3) is 2.84. The van der Waals surface area contributed by atoms with Gasteiger partial charge in [0.25, 0.3) is 0 Å². The maximum Gasteiger partial charge on any atom is 0.325 e. The first-order valence-corrected chi connectivity index (χ1v) is 6.31. The Balaban J connectivity index is 2.20. The molecule has 1 aromatic heterocycles. The Morgan fingerprint density at radius 1 is 1.44 bits per heavy atom. The minimum atomic E-state index is -0.368. The van der Waals surface area contributed by atoms with E-state index in [9.17, 15) is 9.59 Å². The van der Waals surface area contributed by atoms with Crippen LogP contribution in [-0.2, 0) is 9.53 Å². The number of carbonyl (C=O) groups excluding carboxylic acids is 1. The van der Waals surface area contributed by atoms with E-state index in [-0.39, 0.29) is 17.3 Å². The monoisotopic (exact) mass is 264 g/mol. The number of rotatable bonds is 4. The molecule has 2 rings (SSSR count). The first-order chi connectivity index (χ1) is 8.70. The van der Waals surface area contributed by atoms with Gasteiger partial charge in [0, 0.05) is 0 Å². The number of hydrogen-bond donors (Lipinski definition) is 1. The molecule has 2 aromatic rings. The van der Waals surface area contributed by atoms with Crippen LogP contribution in [0.5, 0.6) is 0 Å². The summed E-state index contributed by atoms with van der Waals surface area (Å²) in [5, 5.41) is 3.81. The van der Waals surface area contributed by atoms with Crippen molar-refractivity contribution in [3.05, 3.63) is 33.8 Å². The number of anilines is 1. The largest absolute Gasteiger partial charge is 0.465 e. The van der Waals surface area contributed by atoms with Crippen molar-refractivity contribution in [2.45, 2.75) is 6.92 Å². The van der Waals surface area contributed by atoms with Gasteiger partial charge in [-0.05, 0) is 19.1 Å². The van der Waals surface area contributed by atoms with Gasteiger partial charge in [0.2, 0.25) is 4.74 Å². The predicted octanol–water partition coefficient (Wildman–Crippen LogP) is 1.63. The van der Waals surface area contributed by atoms with Crippen LogP contribution in [0.25, 0.3) is 10.9 Å². The lowest BCUT2D eigenvalue weighted by molar-refractivity contribution is -0.140. The standard InChI is InChI=1S/C12H12N2O3S/c1-2-17-10(15)7-13-12-14-9-6-4-3-5-8(9)11(16)18-12/h3-6H,2,7H2,1H3,(H,13,14). The van der Waals surface area contributed by atoms with E-state index in [1.807, 2.05) is 6.07 Å². The number of aromatic nitrogens is 1. The minimum absolute atomic E-state index is 0.00905. The van der Waals surface area contributed by atoms with Crippen LogP contribution in [0.2, 0.25) is 0 Å². The molecule has 1 aromatic carbocycles. The number of ether oxygens (including phenoxy) is 1. The number of para-hydroxylation sites is 1. The number of nitrogens with zero attached hydrogens (tertiary/aromatic N) is 1. The van der Waals surface area contributed by atoms with Gasteiger partial charge in [-0.2, -0.15) is 0 Å². The summed E-state index contributed by atoms with van der Waals surface area (Å²) < 4.78 is 4.70. The van der Waals surface area contributed by atoms with Crippen LogP contribution in [0.1, 0.15) is 6.92 Å². The summed E-state index contributed by atoms with van der Waals surface area (Å²) in [6, 6.07) is 7.10. The van der Waals surface area contributed by atoms with Crippen LogP contribution in [0.4, 0.5) is 5.13 Å². The van der Waals surface area contributed by atoms with Gasteiger partial charge in [0.05, 0.1) is 17.5 Å². The van der Waals surface area contributed by atoms with E-state index in [1.54, 1.807) is 25.1 Å². The highest BCUT2D eigenvalue weighted by molar-refractivity contribution is 7.13. The zero-order valence-corrected chi connectivity index (χ0v) is 10.6. The molecule has 6 heteroatoms. The third-order valence-corrected chi connectivity index (χ3v) is 3.06. The van der Waals surface area contributed by atoms with Gasteiger partial charge in [0.15, 0.2) is 5.13 Å². The second-order valence-electron chi connectivity index (χ2n) is 3.48. The van der Waals surface area contributed by atoms with Crippen LogP contribution >= 0.6 is 11.3 Å². The number of fused-ring (bicyclic) bond motifs is 1. The molecule has 0 aliphatic rings. The van der Waals surface area contributed by atoms with E-state index < -0.39 is 0 Å². The normalized spacial score (nSPS) is 10.3. The van der Waals surface area contributed by atoms with Gasteiger partial charge in [0.1, 0.15) is 6.54 Å². The molecule has 0 fully saturated rings. The van der Waals surface area contributed by atoms with Crippen molar-refractivity contribution in [3.8, 4) is 0 Å². The summed E-state index contributed by atoms with van der Waals surface area (Å²) >= 11 is 0.981.